The first-order valence-electron chi connectivity index (χ1n) is 26.0. The van der Waals surface area contributed by atoms with Gasteiger partial charge in [0, 0.05) is 31.1 Å². The van der Waals surface area contributed by atoms with Crippen molar-refractivity contribution in [2.45, 2.75) is 43.8 Å². The average molecular weight is 847 g/mol. The molecule has 0 atom stereocenters. The first kappa shape index (κ1) is 28.7. The van der Waals surface area contributed by atoms with Crippen LogP contribution in [0, 0.1) is 6.33 Å². The maximum Gasteiger partial charge on any atom is 0.269 e. The molecule has 0 bridgehead atoms. The zero-order valence-corrected chi connectivity index (χ0v) is 36.6. The van der Waals surface area contributed by atoms with Gasteiger partial charge in [0.15, 0.2) is 0 Å². The van der Waals surface area contributed by atoms with E-state index in [1.807, 2.05) is 65.4 Å². The number of pyridine rings is 1. The van der Waals surface area contributed by atoms with E-state index in [0.717, 1.165) is 27.6 Å². The fraction of sp³-hybridized carbons (Fsp3) is 0.127. The molecule has 4 heterocycles. The van der Waals surface area contributed by atoms with Crippen LogP contribution in [0.4, 0.5) is 0 Å². The highest BCUT2D eigenvalue weighted by atomic mass is 28.3. The summed E-state index contributed by atoms with van der Waals surface area (Å²) in [7, 11) is -2.83. The molecule has 0 spiro atoms. The summed E-state index contributed by atoms with van der Waals surface area (Å²) in [6, 6.07) is 39.1. The highest BCUT2D eigenvalue weighted by Gasteiger charge is 2.39. The van der Waals surface area contributed by atoms with Gasteiger partial charge in [0.2, 0.25) is 0 Å². The van der Waals surface area contributed by atoms with Crippen LogP contribution in [0.25, 0.3) is 72.3 Å². The first-order chi connectivity index (χ1) is 34.5. The molecule has 10 aromatic rings. The number of ether oxygens (including phenoxy) is 1. The predicted octanol–water partition coefficient (Wildman–Crippen LogP) is 13.3. The topological polar surface area (TPSA) is 35.9 Å². The molecule has 1 fully saturated rings. The van der Waals surface area contributed by atoms with Gasteiger partial charge in [-0.2, -0.15) is 0 Å². The average Bonchev–Trinajstić information content (AvgIpc) is 3.93. The van der Waals surface area contributed by atoms with Gasteiger partial charge in [-0.15, -0.1) is 0 Å². The van der Waals surface area contributed by atoms with E-state index in [4.69, 9.17) is 23.4 Å². The molecule has 0 unspecified atom stereocenters. The molecule has 0 amide bonds. The van der Waals surface area contributed by atoms with Crippen molar-refractivity contribution in [3.8, 4) is 50.9 Å². The van der Waals surface area contributed by atoms with Crippen LogP contribution >= 0.6 is 0 Å². The highest BCUT2D eigenvalue weighted by Crippen LogP contribution is 2.39. The number of hydrogen-bond acceptors (Lipinski definition) is 2. The first-order valence-corrected chi connectivity index (χ1v) is 27.3. The van der Waals surface area contributed by atoms with E-state index in [2.05, 4.69) is 79.1 Å². The van der Waals surface area contributed by atoms with Crippen molar-refractivity contribution in [2.24, 2.45) is 0 Å². The van der Waals surface area contributed by atoms with Crippen LogP contribution in [-0.2, 0) is 0 Å². The number of imidazole rings is 1. The van der Waals surface area contributed by atoms with E-state index in [9.17, 15) is 0 Å². The van der Waals surface area contributed by atoms with Gasteiger partial charge in [0.1, 0.15) is 17.3 Å². The summed E-state index contributed by atoms with van der Waals surface area (Å²) in [4.78, 5) is 4.99. The number of nitrogens with zero attached hydrogens (tertiary/aromatic N) is 4. The van der Waals surface area contributed by atoms with Gasteiger partial charge < -0.3 is 4.74 Å². The zero-order chi connectivity index (χ0) is 50.5. The fourth-order valence-corrected chi connectivity index (χ4v) is 21.0. The van der Waals surface area contributed by atoms with Crippen molar-refractivity contribution in [3.63, 3.8) is 0 Å². The third-order valence-electron chi connectivity index (χ3n) is 12.7. The zero-order valence-electron chi connectivity index (χ0n) is 44.6. The number of hydrogen-bond donors (Lipinski definition) is 0. The fourth-order valence-electron chi connectivity index (χ4n) is 9.14. The lowest BCUT2D eigenvalue weighted by molar-refractivity contribution is -0.571. The number of fused-ring (bicyclic) bond motifs is 4. The number of para-hydroxylation sites is 4. The summed E-state index contributed by atoms with van der Waals surface area (Å²) >= 11 is 0. The number of aromatic nitrogens is 4. The maximum absolute atomic E-state index is 9.03. The smallest absolute Gasteiger partial charge is 0.269 e. The van der Waals surface area contributed by atoms with Crippen LogP contribution in [0.2, 0.25) is 43.8 Å². The molecular formula is C55H48N4OSi2. The van der Waals surface area contributed by atoms with E-state index in [1.165, 1.54) is 29.4 Å². The van der Waals surface area contributed by atoms with Gasteiger partial charge in [0.25, 0.3) is 6.33 Å². The predicted molar refractivity (Wildman–Crippen MR) is 261 cm³/mol. The lowest BCUT2D eigenvalue weighted by atomic mass is 9.95. The van der Waals surface area contributed by atoms with Crippen LogP contribution in [-0.4, -0.2) is 30.3 Å². The largest absolute Gasteiger partial charge is 0.458 e. The Balaban J connectivity index is 1.04. The SMILES string of the molecule is [2H]c1c([2H])c([2H])c(-c2cccc(-c3c([2H])c([2H])c([2H])c([2H])c3[2H])c2-[n+]2[c-]n(-c3cccc(Oc4ccc5c6ccccc6n(-c6cc([Si]7(C)CC[Si](C)(C)CC7)ccn6)c5c4)c3)c3ccccc32)c([2H])c1[2H]. The Kier molecular flexibility index (Phi) is 7.06. The van der Waals surface area contributed by atoms with Crippen LogP contribution in [0.5, 0.6) is 11.5 Å². The number of rotatable bonds is 8. The minimum atomic E-state index is -1.69. The van der Waals surface area contributed by atoms with Crippen molar-refractivity contribution >= 4 is 54.2 Å². The van der Waals surface area contributed by atoms with Gasteiger partial charge >= 0.3 is 0 Å². The van der Waals surface area contributed by atoms with Crippen molar-refractivity contribution in [1.29, 1.82) is 0 Å². The van der Waals surface area contributed by atoms with Crippen LogP contribution in [0.15, 0.2) is 188 Å². The lowest BCUT2D eigenvalue weighted by Gasteiger charge is -2.39. The molecule has 7 heteroatoms. The molecule has 0 N–H and O–H groups in total. The molecule has 0 radical (unpaired) electrons. The third kappa shape index (κ3) is 6.78. The summed E-state index contributed by atoms with van der Waals surface area (Å²) in [5.41, 5.74) is 4.20. The molecule has 0 saturated carbocycles. The third-order valence-corrected chi connectivity index (χ3v) is 21.3. The Morgan fingerprint density at radius 1 is 0.613 bits per heavy atom. The Bertz CT molecular complexity index is 3740. The van der Waals surface area contributed by atoms with E-state index >= 15 is 0 Å². The molecule has 302 valence electrons. The Hall–Kier alpha value is -6.81. The van der Waals surface area contributed by atoms with E-state index < -0.39 is 76.6 Å². The van der Waals surface area contributed by atoms with Gasteiger partial charge in [-0.1, -0.05) is 176 Å². The van der Waals surface area contributed by atoms with E-state index in [-0.39, 0.29) is 27.9 Å². The van der Waals surface area contributed by atoms with Crippen molar-refractivity contribution in [2.75, 3.05) is 0 Å². The van der Waals surface area contributed by atoms with E-state index in [0.29, 0.717) is 28.2 Å². The second-order valence-corrected chi connectivity index (χ2v) is 27.2. The van der Waals surface area contributed by atoms with Gasteiger partial charge in [-0.3, -0.25) is 13.7 Å². The van der Waals surface area contributed by atoms with Crippen LogP contribution < -0.4 is 14.5 Å². The van der Waals surface area contributed by atoms with Gasteiger partial charge in [-0.25, -0.2) is 4.98 Å². The second-order valence-electron chi connectivity index (χ2n) is 17.2. The molecule has 11 rings (SSSR count). The molecular weight excluding hydrogens is 789 g/mol. The standard InChI is InChI=1S/C55H48N4OSi2/c1-61(2)32-34-62(3,35-33-61)45-30-31-56-54(38-45)59-50-25-11-10-22-48(50)49-29-28-44(37-53(49)59)60-43-21-14-20-42(36-43)57-39-58(52-27-13-12-26-51(52)57)55-46(40-16-6-4-7-17-40)23-15-24-47(55)41-18-8-5-9-19-41/h4-31,36-38H,32-35H2,1-3H3/i4D,5D,6D,7D,8D,9D,16D,17D,18D,19D. The van der Waals surface area contributed by atoms with Gasteiger partial charge in [0.05, 0.1) is 55.2 Å². The van der Waals surface area contributed by atoms with Crippen molar-refractivity contribution in [3.05, 3.63) is 194 Å². The number of benzene rings is 7. The molecule has 7 aromatic carbocycles. The van der Waals surface area contributed by atoms with E-state index in [1.54, 1.807) is 22.8 Å². The van der Waals surface area contributed by atoms with Crippen LogP contribution in [0.3, 0.4) is 0 Å². The molecule has 5 nitrogen and oxygen atoms in total. The normalized spacial score (nSPS) is 17.0. The molecule has 3 aromatic heterocycles. The minimum absolute atomic E-state index is 0.122. The maximum atomic E-state index is 9.03. The minimum Gasteiger partial charge on any atom is -0.458 e. The second kappa shape index (κ2) is 15.3. The highest BCUT2D eigenvalue weighted by molar-refractivity contribution is 6.95. The molecule has 1 aliphatic heterocycles. The quantitative estimate of drug-likeness (QED) is 0.0868. The summed E-state index contributed by atoms with van der Waals surface area (Å²) in [6.07, 6.45) is 5.43. The summed E-state index contributed by atoms with van der Waals surface area (Å²) in [5.74, 6) is 2.04. The summed E-state index contributed by atoms with van der Waals surface area (Å²) < 4.78 is 99.5. The van der Waals surface area contributed by atoms with Crippen molar-refractivity contribution < 1.29 is 23.0 Å². The Morgan fingerprint density at radius 3 is 2.00 bits per heavy atom. The Labute approximate surface area is 379 Å². The molecule has 1 saturated heterocycles. The summed E-state index contributed by atoms with van der Waals surface area (Å²) in [5, 5.41) is 3.65. The van der Waals surface area contributed by atoms with Gasteiger partial charge in [-0.05, 0) is 70.8 Å². The Morgan fingerprint density at radius 2 is 1.26 bits per heavy atom. The summed E-state index contributed by atoms with van der Waals surface area (Å²) in [6.45, 7) is 7.59. The van der Waals surface area contributed by atoms with Crippen molar-refractivity contribution in [1.82, 2.24) is 14.1 Å². The molecule has 0 aliphatic carbocycles. The monoisotopic (exact) mass is 846 g/mol. The molecule has 1 aliphatic rings. The van der Waals surface area contributed by atoms with Crippen LogP contribution in [0.1, 0.15) is 13.7 Å². The lowest BCUT2D eigenvalue weighted by Crippen LogP contribution is -2.50. The molecule has 62 heavy (non-hydrogen) atoms.